The van der Waals surface area contributed by atoms with Gasteiger partial charge in [-0.15, -0.1) is 11.3 Å². The zero-order chi connectivity index (χ0) is 12.6. The first kappa shape index (κ1) is 13.1. The van der Waals surface area contributed by atoms with Crippen LogP contribution >= 0.6 is 34.5 Å². The van der Waals surface area contributed by atoms with Gasteiger partial charge in [0.2, 0.25) is 10.0 Å². The zero-order valence-corrected chi connectivity index (χ0v) is 12.0. The summed E-state index contributed by atoms with van der Waals surface area (Å²) in [4.78, 5) is 0. The molecular weight excluding hydrogens is 301 g/mol. The first-order chi connectivity index (χ1) is 7.95. The first-order valence-corrected chi connectivity index (χ1v) is 7.88. The van der Waals surface area contributed by atoms with Crippen molar-refractivity contribution in [3.05, 3.63) is 28.2 Å². The molecule has 1 heterocycles. The van der Waals surface area contributed by atoms with Crippen molar-refractivity contribution in [2.24, 2.45) is 0 Å². The van der Waals surface area contributed by atoms with Gasteiger partial charge in [0.05, 0.1) is 9.72 Å². The van der Waals surface area contributed by atoms with Crippen LogP contribution < -0.4 is 4.72 Å². The van der Waals surface area contributed by atoms with Crippen molar-refractivity contribution >= 4 is 54.6 Å². The van der Waals surface area contributed by atoms with Crippen molar-refractivity contribution in [1.29, 1.82) is 0 Å². The van der Waals surface area contributed by atoms with Gasteiger partial charge in [-0.1, -0.05) is 30.1 Å². The van der Waals surface area contributed by atoms with E-state index in [0.717, 1.165) is 11.3 Å². The lowest BCUT2D eigenvalue weighted by atomic mass is 10.3. The summed E-state index contributed by atoms with van der Waals surface area (Å²) in [5, 5.41) is 1.67. The maximum Gasteiger partial charge on any atom is 0.250 e. The highest BCUT2D eigenvalue weighted by Gasteiger charge is 2.18. The summed E-state index contributed by atoms with van der Waals surface area (Å²) in [5.74, 6) is 0. The Balaban J connectivity index is 2.67. The van der Waals surface area contributed by atoms with Gasteiger partial charge in [-0.3, -0.25) is 0 Å². The Morgan fingerprint density at radius 2 is 1.94 bits per heavy atom. The molecule has 0 spiro atoms. The Labute approximate surface area is 113 Å². The number of nitrogens with one attached hydrogen (secondary N) is 1. The molecule has 0 aliphatic carbocycles. The Morgan fingerprint density at radius 1 is 1.29 bits per heavy atom. The first-order valence-electron chi connectivity index (χ1n) is 4.83. The standard InChI is InChI=1S/C10H9Cl2NO2S2/c1-2-13-17(14,15)9-5-6-7(11)3-4-8(12)10(6)16-9/h3-5,13H,2H2,1H3. The van der Waals surface area contributed by atoms with E-state index in [1.54, 1.807) is 25.1 Å². The fourth-order valence-electron chi connectivity index (χ4n) is 1.43. The molecule has 1 N–H and O–H groups in total. The Bertz CT molecular complexity index is 625. The minimum absolute atomic E-state index is 0.226. The third kappa shape index (κ3) is 2.44. The lowest BCUT2D eigenvalue weighted by Crippen LogP contribution is -2.22. The largest absolute Gasteiger partial charge is 0.250 e. The van der Waals surface area contributed by atoms with Gasteiger partial charge in [0.25, 0.3) is 0 Å². The molecule has 1 aromatic heterocycles. The fourth-order valence-corrected chi connectivity index (χ4v) is 4.46. The highest BCUT2D eigenvalue weighted by Crippen LogP contribution is 2.37. The van der Waals surface area contributed by atoms with Crippen LogP contribution in [0.15, 0.2) is 22.4 Å². The topological polar surface area (TPSA) is 46.2 Å². The van der Waals surface area contributed by atoms with Crippen LogP contribution in [0.1, 0.15) is 6.92 Å². The van der Waals surface area contributed by atoms with E-state index in [2.05, 4.69) is 4.72 Å². The second-order valence-corrected chi connectivity index (χ2v) is 7.20. The van der Waals surface area contributed by atoms with E-state index in [4.69, 9.17) is 23.2 Å². The number of fused-ring (bicyclic) bond motifs is 1. The van der Waals surface area contributed by atoms with E-state index in [9.17, 15) is 8.42 Å². The van der Waals surface area contributed by atoms with Crippen LogP contribution in [0.2, 0.25) is 10.0 Å². The molecule has 0 fully saturated rings. The molecule has 0 unspecified atom stereocenters. The van der Waals surface area contributed by atoms with E-state index in [1.165, 1.54) is 0 Å². The maximum absolute atomic E-state index is 11.8. The summed E-state index contributed by atoms with van der Waals surface area (Å²) >= 11 is 13.1. The molecule has 0 atom stereocenters. The van der Waals surface area contributed by atoms with Crippen LogP contribution in [0.3, 0.4) is 0 Å². The monoisotopic (exact) mass is 309 g/mol. The molecule has 0 aliphatic heterocycles. The molecule has 0 bridgehead atoms. The summed E-state index contributed by atoms with van der Waals surface area (Å²) in [6.07, 6.45) is 0. The van der Waals surface area contributed by atoms with Gasteiger partial charge < -0.3 is 0 Å². The third-order valence-electron chi connectivity index (χ3n) is 2.16. The lowest BCUT2D eigenvalue weighted by Gasteiger charge is -1.99. The Kier molecular flexibility index (Phi) is 3.66. The highest BCUT2D eigenvalue weighted by molar-refractivity contribution is 7.91. The average Bonchev–Trinajstić information content (AvgIpc) is 2.70. The summed E-state index contributed by atoms with van der Waals surface area (Å²) in [6.45, 7) is 2.07. The van der Waals surface area contributed by atoms with Crippen molar-refractivity contribution < 1.29 is 8.42 Å². The van der Waals surface area contributed by atoms with Gasteiger partial charge in [-0.2, -0.15) is 0 Å². The molecule has 2 rings (SSSR count). The molecule has 2 aromatic rings. The number of rotatable bonds is 3. The van der Waals surface area contributed by atoms with Crippen molar-refractivity contribution in [1.82, 2.24) is 4.72 Å². The minimum Gasteiger partial charge on any atom is -0.211 e. The van der Waals surface area contributed by atoms with Gasteiger partial charge in [0.1, 0.15) is 4.21 Å². The predicted molar refractivity (Wildman–Crippen MR) is 72.7 cm³/mol. The molecule has 0 radical (unpaired) electrons. The molecule has 7 heteroatoms. The minimum atomic E-state index is -3.45. The van der Waals surface area contributed by atoms with Crippen molar-refractivity contribution in [3.63, 3.8) is 0 Å². The maximum atomic E-state index is 11.8. The summed E-state index contributed by atoms with van der Waals surface area (Å²) in [6, 6.07) is 4.86. The van der Waals surface area contributed by atoms with Gasteiger partial charge >= 0.3 is 0 Å². The average molecular weight is 310 g/mol. The van der Waals surface area contributed by atoms with Crippen molar-refractivity contribution in [2.45, 2.75) is 11.1 Å². The highest BCUT2D eigenvalue weighted by atomic mass is 35.5. The number of halogens is 2. The van der Waals surface area contributed by atoms with Crippen molar-refractivity contribution in [2.75, 3.05) is 6.54 Å². The van der Waals surface area contributed by atoms with E-state index >= 15 is 0 Å². The van der Waals surface area contributed by atoms with E-state index < -0.39 is 10.0 Å². The summed E-state index contributed by atoms with van der Waals surface area (Å²) < 4.78 is 27.0. The predicted octanol–water partition coefficient (Wildman–Crippen LogP) is 3.51. The number of benzene rings is 1. The van der Waals surface area contributed by atoms with Crippen LogP contribution in [-0.4, -0.2) is 15.0 Å². The number of sulfonamides is 1. The Hall–Kier alpha value is -0.330. The third-order valence-corrected chi connectivity index (χ3v) is 6.10. The van der Waals surface area contributed by atoms with Gasteiger partial charge in [0.15, 0.2) is 0 Å². The number of hydrogen-bond donors (Lipinski definition) is 1. The molecule has 3 nitrogen and oxygen atoms in total. The summed E-state index contributed by atoms with van der Waals surface area (Å²) in [5.41, 5.74) is 0. The van der Waals surface area contributed by atoms with Crippen LogP contribution in [0.5, 0.6) is 0 Å². The van der Waals surface area contributed by atoms with Crippen LogP contribution in [-0.2, 0) is 10.0 Å². The SMILES string of the molecule is CCNS(=O)(=O)c1cc2c(Cl)ccc(Cl)c2s1. The lowest BCUT2D eigenvalue weighted by molar-refractivity contribution is 0.586. The molecular formula is C10H9Cl2NO2S2. The van der Waals surface area contributed by atoms with E-state index in [0.29, 0.717) is 26.7 Å². The van der Waals surface area contributed by atoms with Crippen LogP contribution in [0.25, 0.3) is 10.1 Å². The smallest absolute Gasteiger partial charge is 0.211 e. The normalized spacial score (nSPS) is 12.2. The second kappa shape index (κ2) is 4.74. The van der Waals surface area contributed by atoms with Gasteiger partial charge in [-0.25, -0.2) is 13.1 Å². The molecule has 0 saturated carbocycles. The zero-order valence-electron chi connectivity index (χ0n) is 8.83. The van der Waals surface area contributed by atoms with E-state index in [1.807, 2.05) is 0 Å². The Morgan fingerprint density at radius 3 is 2.53 bits per heavy atom. The van der Waals surface area contributed by atoms with Crippen LogP contribution in [0, 0.1) is 0 Å². The molecule has 1 aromatic carbocycles. The van der Waals surface area contributed by atoms with Crippen LogP contribution in [0.4, 0.5) is 0 Å². The molecule has 0 saturated heterocycles. The number of thiophene rings is 1. The second-order valence-electron chi connectivity index (χ2n) is 3.34. The van der Waals surface area contributed by atoms with Gasteiger partial charge in [-0.05, 0) is 18.2 Å². The summed E-state index contributed by atoms with van der Waals surface area (Å²) in [7, 11) is -3.45. The quantitative estimate of drug-likeness (QED) is 0.943. The molecule has 17 heavy (non-hydrogen) atoms. The van der Waals surface area contributed by atoms with Gasteiger partial charge in [0, 0.05) is 17.0 Å². The van der Waals surface area contributed by atoms with E-state index in [-0.39, 0.29) is 4.21 Å². The molecule has 0 aliphatic rings. The fraction of sp³-hybridized carbons (Fsp3) is 0.200. The number of hydrogen-bond acceptors (Lipinski definition) is 3. The molecule has 92 valence electrons. The molecule has 0 amide bonds. The van der Waals surface area contributed by atoms with Crippen molar-refractivity contribution in [3.8, 4) is 0 Å².